The average Bonchev–Trinajstić information content (AvgIpc) is 2.24. The molecule has 0 N–H and O–H groups in total. The quantitative estimate of drug-likeness (QED) is 0.659. The van der Waals surface area contributed by atoms with Gasteiger partial charge in [-0.05, 0) is 26.9 Å². The Morgan fingerprint density at radius 2 is 1.93 bits per heavy atom. The first-order chi connectivity index (χ1) is 6.49. The molecule has 1 aliphatic carbocycles. The van der Waals surface area contributed by atoms with Crippen molar-refractivity contribution in [2.75, 3.05) is 19.8 Å². The summed E-state index contributed by atoms with van der Waals surface area (Å²) in [4.78, 5) is 2.14. The molecule has 1 aliphatic heterocycles. The van der Waals surface area contributed by atoms with E-state index in [-0.39, 0.29) is 10.8 Å². The summed E-state index contributed by atoms with van der Waals surface area (Å²) in [6, 6.07) is 0. The summed E-state index contributed by atoms with van der Waals surface area (Å²) in [5.41, 5.74) is -0.0185. The minimum absolute atomic E-state index is 0.0185. The molecule has 1 saturated heterocycles. The maximum Gasteiger partial charge on any atom is 0.156 e. The van der Waals surface area contributed by atoms with Crippen LogP contribution in [0.2, 0.25) is 0 Å². The fraction of sp³-hybridized carbons (Fsp3) is 1.00. The van der Waals surface area contributed by atoms with Crippen molar-refractivity contribution in [2.24, 2.45) is 0 Å². The predicted octanol–water partition coefficient (Wildman–Crippen LogP) is 1.05. The van der Waals surface area contributed by atoms with Gasteiger partial charge in [-0.3, -0.25) is 0 Å². The van der Waals surface area contributed by atoms with Crippen molar-refractivity contribution in [1.29, 1.82) is 0 Å². The zero-order chi connectivity index (χ0) is 10.4. The van der Waals surface area contributed by atoms with Crippen molar-refractivity contribution >= 4 is 9.84 Å². The highest BCUT2D eigenvalue weighted by Gasteiger charge is 2.59. The van der Waals surface area contributed by atoms with Crippen molar-refractivity contribution in [1.82, 2.24) is 4.90 Å². The molecule has 1 saturated carbocycles. The largest absolute Gasteiger partial charge is 0.301 e. The van der Waals surface area contributed by atoms with E-state index in [2.05, 4.69) is 4.90 Å². The molecule has 0 aromatic carbocycles. The van der Waals surface area contributed by atoms with Crippen LogP contribution in [0.4, 0.5) is 0 Å². The number of sulfone groups is 1. The number of fused-ring (bicyclic) bond motifs is 1. The van der Waals surface area contributed by atoms with Gasteiger partial charge in [0, 0.05) is 0 Å². The predicted molar refractivity (Wildman–Crippen MR) is 57.1 cm³/mol. The van der Waals surface area contributed by atoms with Crippen molar-refractivity contribution in [3.8, 4) is 0 Å². The van der Waals surface area contributed by atoms with Crippen LogP contribution in [0, 0.1) is 0 Å². The van der Waals surface area contributed by atoms with Crippen LogP contribution in [0.5, 0.6) is 0 Å². The van der Waals surface area contributed by atoms with E-state index in [9.17, 15) is 8.42 Å². The maximum atomic E-state index is 11.7. The fourth-order valence-corrected chi connectivity index (χ4v) is 5.85. The molecule has 1 heterocycles. The van der Waals surface area contributed by atoms with Gasteiger partial charge in [0.05, 0.1) is 16.5 Å². The van der Waals surface area contributed by atoms with Gasteiger partial charge in [-0.2, -0.15) is 0 Å². The monoisotopic (exact) mass is 217 g/mol. The standard InChI is InChI=1S/C10H19NO2S/c1-11(2)10-7-5-3-4-6-9(10)14(12,13)8-10/h9H,3-8H2,1-2H3/t9-,10-/m0/s1. The van der Waals surface area contributed by atoms with Crippen LogP contribution in [0.1, 0.15) is 32.1 Å². The summed E-state index contributed by atoms with van der Waals surface area (Å²) in [5, 5.41) is -0.0764. The summed E-state index contributed by atoms with van der Waals surface area (Å²) in [5.74, 6) is 0.387. The molecule has 2 fully saturated rings. The van der Waals surface area contributed by atoms with E-state index in [1.807, 2.05) is 14.1 Å². The average molecular weight is 217 g/mol. The van der Waals surface area contributed by atoms with E-state index in [0.29, 0.717) is 5.75 Å². The summed E-state index contributed by atoms with van der Waals surface area (Å²) in [6.07, 6.45) is 5.40. The summed E-state index contributed by atoms with van der Waals surface area (Å²) < 4.78 is 23.4. The second-order valence-electron chi connectivity index (χ2n) is 4.89. The Balaban J connectivity index is 2.30. The van der Waals surface area contributed by atoms with Gasteiger partial charge in [0.1, 0.15) is 0 Å². The zero-order valence-corrected chi connectivity index (χ0v) is 9.81. The van der Waals surface area contributed by atoms with Gasteiger partial charge in [-0.1, -0.05) is 19.3 Å². The van der Waals surface area contributed by atoms with E-state index >= 15 is 0 Å². The van der Waals surface area contributed by atoms with Crippen LogP contribution in [-0.4, -0.2) is 44.0 Å². The highest BCUT2D eigenvalue weighted by molar-refractivity contribution is 7.93. The van der Waals surface area contributed by atoms with E-state index < -0.39 is 9.84 Å². The fourth-order valence-electron chi connectivity index (χ4n) is 3.04. The van der Waals surface area contributed by atoms with Crippen LogP contribution in [0.25, 0.3) is 0 Å². The Labute approximate surface area is 86.4 Å². The minimum atomic E-state index is -2.75. The molecule has 2 atom stereocenters. The molecule has 2 aliphatic rings. The van der Waals surface area contributed by atoms with Crippen LogP contribution in [0.3, 0.4) is 0 Å². The Morgan fingerprint density at radius 3 is 2.50 bits per heavy atom. The molecule has 14 heavy (non-hydrogen) atoms. The molecule has 0 amide bonds. The van der Waals surface area contributed by atoms with Gasteiger partial charge < -0.3 is 4.90 Å². The molecule has 0 aromatic heterocycles. The lowest BCUT2D eigenvalue weighted by Crippen LogP contribution is -2.69. The summed E-state index contributed by atoms with van der Waals surface area (Å²) >= 11 is 0. The molecule has 0 bridgehead atoms. The highest BCUT2D eigenvalue weighted by Crippen LogP contribution is 2.44. The lowest BCUT2D eigenvalue weighted by atomic mass is 9.89. The Kier molecular flexibility index (Phi) is 2.39. The van der Waals surface area contributed by atoms with Crippen molar-refractivity contribution in [2.45, 2.75) is 42.9 Å². The van der Waals surface area contributed by atoms with E-state index in [1.54, 1.807) is 0 Å². The van der Waals surface area contributed by atoms with Gasteiger partial charge in [-0.15, -0.1) is 0 Å². The number of hydrogen-bond acceptors (Lipinski definition) is 3. The molecular weight excluding hydrogens is 198 g/mol. The number of hydrogen-bond donors (Lipinski definition) is 0. The van der Waals surface area contributed by atoms with E-state index in [0.717, 1.165) is 19.3 Å². The maximum absolute atomic E-state index is 11.7. The third kappa shape index (κ3) is 1.31. The molecular formula is C10H19NO2S. The van der Waals surface area contributed by atoms with Crippen LogP contribution in [0.15, 0.2) is 0 Å². The van der Waals surface area contributed by atoms with E-state index in [1.165, 1.54) is 12.8 Å². The third-order valence-corrected chi connectivity index (χ3v) is 6.39. The smallest absolute Gasteiger partial charge is 0.156 e. The first-order valence-electron chi connectivity index (χ1n) is 5.38. The number of nitrogens with zero attached hydrogens (tertiary/aromatic N) is 1. The van der Waals surface area contributed by atoms with Crippen LogP contribution < -0.4 is 0 Å². The Hall–Kier alpha value is -0.0900. The summed E-state index contributed by atoms with van der Waals surface area (Å²) in [7, 11) is 1.29. The van der Waals surface area contributed by atoms with Gasteiger partial charge in [0.15, 0.2) is 9.84 Å². The van der Waals surface area contributed by atoms with Crippen molar-refractivity contribution < 1.29 is 8.42 Å². The molecule has 2 rings (SSSR count). The second kappa shape index (κ2) is 3.20. The molecule has 4 heteroatoms. The first kappa shape index (κ1) is 10.4. The molecule has 82 valence electrons. The molecule has 3 nitrogen and oxygen atoms in total. The lowest BCUT2D eigenvalue weighted by Gasteiger charge is -2.52. The van der Waals surface area contributed by atoms with Gasteiger partial charge in [0.25, 0.3) is 0 Å². The Bertz CT molecular complexity index is 323. The van der Waals surface area contributed by atoms with Crippen molar-refractivity contribution in [3.63, 3.8) is 0 Å². The van der Waals surface area contributed by atoms with Gasteiger partial charge in [0.2, 0.25) is 0 Å². The topological polar surface area (TPSA) is 37.4 Å². The van der Waals surface area contributed by atoms with Gasteiger partial charge >= 0.3 is 0 Å². The molecule has 0 unspecified atom stereocenters. The van der Waals surface area contributed by atoms with Crippen LogP contribution in [-0.2, 0) is 9.84 Å². The summed E-state index contributed by atoms with van der Waals surface area (Å²) in [6.45, 7) is 0. The highest BCUT2D eigenvalue weighted by atomic mass is 32.2. The first-order valence-corrected chi connectivity index (χ1v) is 7.10. The minimum Gasteiger partial charge on any atom is -0.301 e. The lowest BCUT2D eigenvalue weighted by molar-refractivity contribution is 0.135. The SMILES string of the molecule is CN(C)[C@]12CCCCC[C@@H]1S(=O)(=O)C2. The van der Waals surface area contributed by atoms with Crippen LogP contribution >= 0.6 is 0 Å². The normalized spacial score (nSPS) is 41.2. The molecule has 0 radical (unpaired) electrons. The van der Waals surface area contributed by atoms with E-state index in [4.69, 9.17) is 0 Å². The second-order valence-corrected chi connectivity index (χ2v) is 7.08. The zero-order valence-electron chi connectivity index (χ0n) is 8.99. The molecule has 0 aromatic rings. The number of rotatable bonds is 1. The third-order valence-electron chi connectivity index (χ3n) is 3.95. The molecule has 0 spiro atoms. The Morgan fingerprint density at radius 1 is 1.21 bits per heavy atom. The van der Waals surface area contributed by atoms with Gasteiger partial charge in [-0.25, -0.2) is 8.42 Å². The van der Waals surface area contributed by atoms with Crippen molar-refractivity contribution in [3.05, 3.63) is 0 Å².